The molecule has 0 spiro atoms. The van der Waals surface area contributed by atoms with Gasteiger partial charge in [0.25, 0.3) is 0 Å². The topological polar surface area (TPSA) is 85.2 Å². The van der Waals surface area contributed by atoms with Crippen LogP contribution in [0, 0.1) is 6.92 Å². The summed E-state index contributed by atoms with van der Waals surface area (Å²) in [6.45, 7) is 2.79. The fourth-order valence-electron chi connectivity index (χ4n) is 2.46. The molecule has 1 N–H and O–H groups in total. The van der Waals surface area contributed by atoms with E-state index in [-0.39, 0.29) is 0 Å². The zero-order chi connectivity index (χ0) is 16.4. The van der Waals surface area contributed by atoms with Gasteiger partial charge in [-0.1, -0.05) is 0 Å². The van der Waals surface area contributed by atoms with Gasteiger partial charge in [0, 0.05) is 48.8 Å². The van der Waals surface area contributed by atoms with Crippen LogP contribution in [0.4, 0.5) is 0 Å². The molecule has 0 saturated heterocycles. The highest BCUT2D eigenvalue weighted by molar-refractivity contribution is 7.13. The van der Waals surface area contributed by atoms with E-state index in [1.54, 1.807) is 42.3 Å². The lowest BCUT2D eigenvalue weighted by molar-refractivity contribution is 0.693. The summed E-state index contributed by atoms with van der Waals surface area (Å²) in [6.07, 6.45) is 9.73. The maximum absolute atomic E-state index is 4.63. The van der Waals surface area contributed by atoms with E-state index in [0.29, 0.717) is 5.82 Å². The van der Waals surface area contributed by atoms with Crippen molar-refractivity contribution in [1.82, 2.24) is 34.5 Å². The van der Waals surface area contributed by atoms with Gasteiger partial charge in [0.05, 0.1) is 12.0 Å². The van der Waals surface area contributed by atoms with E-state index in [0.717, 1.165) is 40.9 Å². The molecule has 8 heteroatoms. The Labute approximate surface area is 142 Å². The smallest absolute Gasteiger partial charge is 0.188 e. The van der Waals surface area contributed by atoms with E-state index in [9.17, 15) is 0 Å². The second kappa shape index (κ2) is 6.32. The predicted octanol–water partition coefficient (Wildman–Crippen LogP) is 2.74. The molecule has 0 radical (unpaired) electrons. The lowest BCUT2D eigenvalue weighted by Gasteiger charge is -2.05. The Morgan fingerprint density at radius 1 is 1.12 bits per heavy atom. The highest BCUT2D eigenvalue weighted by Crippen LogP contribution is 2.21. The third kappa shape index (κ3) is 2.83. The lowest BCUT2D eigenvalue weighted by Crippen LogP contribution is -2.03. The number of aromatic nitrogens is 7. The van der Waals surface area contributed by atoms with Crippen molar-refractivity contribution in [3.05, 3.63) is 53.9 Å². The van der Waals surface area contributed by atoms with Gasteiger partial charge in [-0.3, -0.25) is 0 Å². The maximum Gasteiger partial charge on any atom is 0.188 e. The molecular formula is C16H15N7S. The van der Waals surface area contributed by atoms with E-state index in [1.165, 1.54) is 0 Å². The molecule has 0 bridgehead atoms. The number of aromatic amines is 1. The Morgan fingerprint density at radius 3 is 2.79 bits per heavy atom. The largest absolute Gasteiger partial charge is 0.348 e. The van der Waals surface area contributed by atoms with Gasteiger partial charge in [-0.15, -0.1) is 11.3 Å². The third-order valence-electron chi connectivity index (χ3n) is 3.67. The van der Waals surface area contributed by atoms with Crippen LogP contribution in [0.1, 0.15) is 11.4 Å². The summed E-state index contributed by atoms with van der Waals surface area (Å²) in [5.41, 5.74) is 2.93. The normalized spacial score (nSPS) is 11.0. The first kappa shape index (κ1) is 14.7. The van der Waals surface area contributed by atoms with Crippen LogP contribution in [-0.4, -0.2) is 34.5 Å². The molecule has 0 unspecified atom stereocenters. The molecule has 0 fully saturated rings. The number of nitrogens with one attached hydrogen (secondary N) is 1. The highest BCUT2D eigenvalue weighted by atomic mass is 32.1. The van der Waals surface area contributed by atoms with Crippen molar-refractivity contribution in [3.63, 3.8) is 0 Å². The number of aryl methyl sites for hydroxylation is 3. The Kier molecular flexibility index (Phi) is 3.87. The van der Waals surface area contributed by atoms with Crippen LogP contribution in [0.2, 0.25) is 0 Å². The molecule has 0 saturated carbocycles. The molecule has 0 atom stereocenters. The molecule has 4 heterocycles. The molecule has 4 aromatic heterocycles. The average Bonchev–Trinajstić information content (AvgIpc) is 3.34. The van der Waals surface area contributed by atoms with Crippen LogP contribution in [0.25, 0.3) is 22.4 Å². The summed E-state index contributed by atoms with van der Waals surface area (Å²) >= 11 is 1.57. The summed E-state index contributed by atoms with van der Waals surface area (Å²) < 4.78 is 2.10. The van der Waals surface area contributed by atoms with Gasteiger partial charge in [-0.25, -0.2) is 24.9 Å². The minimum absolute atomic E-state index is 0.671. The molecule has 0 aliphatic heterocycles. The van der Waals surface area contributed by atoms with E-state index < -0.39 is 0 Å². The molecule has 4 rings (SSSR count). The predicted molar refractivity (Wildman–Crippen MR) is 91.4 cm³/mol. The summed E-state index contributed by atoms with van der Waals surface area (Å²) in [6, 6.07) is 1.80. The molecule has 120 valence electrons. The number of H-pyrrole nitrogens is 1. The van der Waals surface area contributed by atoms with E-state index >= 15 is 0 Å². The molecule has 0 amide bonds. The van der Waals surface area contributed by atoms with Crippen LogP contribution in [-0.2, 0) is 13.0 Å². The third-order valence-corrected chi connectivity index (χ3v) is 4.56. The number of hydrogen-bond acceptors (Lipinski definition) is 6. The van der Waals surface area contributed by atoms with Gasteiger partial charge in [0.15, 0.2) is 16.7 Å². The van der Waals surface area contributed by atoms with Crippen molar-refractivity contribution < 1.29 is 0 Å². The molecule has 24 heavy (non-hydrogen) atoms. The summed E-state index contributed by atoms with van der Waals surface area (Å²) in [5, 5.41) is 2.90. The molecule has 0 aliphatic carbocycles. The second-order valence-corrected chi connectivity index (χ2v) is 6.14. The van der Waals surface area contributed by atoms with E-state index in [2.05, 4.69) is 39.9 Å². The zero-order valence-corrected chi connectivity index (χ0v) is 13.9. The minimum atomic E-state index is 0.671. The Bertz CT molecular complexity index is 938. The van der Waals surface area contributed by atoms with Crippen LogP contribution in [0.3, 0.4) is 0 Å². The number of hydrogen-bond donors (Lipinski definition) is 1. The number of thiazole rings is 1. The van der Waals surface area contributed by atoms with Crippen molar-refractivity contribution in [2.24, 2.45) is 0 Å². The Morgan fingerprint density at radius 2 is 2.00 bits per heavy atom. The summed E-state index contributed by atoms with van der Waals surface area (Å²) in [4.78, 5) is 25.0. The number of nitrogens with zero attached hydrogens (tertiary/aromatic N) is 6. The van der Waals surface area contributed by atoms with Crippen LogP contribution in [0.5, 0.6) is 0 Å². The Balaban J connectivity index is 1.50. The molecular weight excluding hydrogens is 322 g/mol. The van der Waals surface area contributed by atoms with Crippen LogP contribution < -0.4 is 0 Å². The fourth-order valence-corrected chi connectivity index (χ4v) is 3.26. The van der Waals surface area contributed by atoms with E-state index in [4.69, 9.17) is 0 Å². The monoisotopic (exact) mass is 337 g/mol. The second-order valence-electron chi connectivity index (χ2n) is 5.29. The van der Waals surface area contributed by atoms with Crippen LogP contribution in [0.15, 0.2) is 42.6 Å². The minimum Gasteiger partial charge on any atom is -0.348 e. The number of imidazole rings is 2. The van der Waals surface area contributed by atoms with Crippen molar-refractivity contribution in [2.45, 2.75) is 19.9 Å². The fraction of sp³-hybridized carbons (Fsp3) is 0.188. The van der Waals surface area contributed by atoms with Gasteiger partial charge in [-0.05, 0) is 13.0 Å². The molecule has 7 nitrogen and oxygen atoms in total. The first-order chi connectivity index (χ1) is 11.8. The maximum atomic E-state index is 4.63. The average molecular weight is 337 g/mol. The van der Waals surface area contributed by atoms with E-state index in [1.807, 2.05) is 13.1 Å². The van der Waals surface area contributed by atoms with Crippen molar-refractivity contribution in [3.8, 4) is 22.4 Å². The first-order valence-electron chi connectivity index (χ1n) is 7.54. The number of rotatable bonds is 5. The van der Waals surface area contributed by atoms with Crippen molar-refractivity contribution in [1.29, 1.82) is 0 Å². The van der Waals surface area contributed by atoms with Crippen molar-refractivity contribution in [2.75, 3.05) is 0 Å². The van der Waals surface area contributed by atoms with Gasteiger partial charge >= 0.3 is 0 Å². The van der Waals surface area contributed by atoms with Gasteiger partial charge < -0.3 is 9.55 Å². The summed E-state index contributed by atoms with van der Waals surface area (Å²) in [7, 11) is 0. The van der Waals surface area contributed by atoms with Gasteiger partial charge in [-0.2, -0.15) is 0 Å². The molecule has 4 aromatic rings. The SMILES string of the molecule is Cc1[nH]cnc1-c1nccn1CCc1csc(-c2ncccn2)n1. The standard InChI is InChI=1S/C16H15N7S/c1-11-13(21-10-20-11)15-19-6-8-23(15)7-3-12-9-24-16(22-12)14-17-4-2-5-18-14/h2,4-6,8-10H,3,7H2,1H3,(H,20,21). The zero-order valence-electron chi connectivity index (χ0n) is 13.0. The highest BCUT2D eigenvalue weighted by Gasteiger charge is 2.12. The van der Waals surface area contributed by atoms with Crippen molar-refractivity contribution >= 4 is 11.3 Å². The van der Waals surface area contributed by atoms with Crippen LogP contribution >= 0.6 is 11.3 Å². The quantitative estimate of drug-likeness (QED) is 0.605. The first-order valence-corrected chi connectivity index (χ1v) is 8.42. The Hall–Kier alpha value is -2.87. The summed E-state index contributed by atoms with van der Waals surface area (Å²) in [5.74, 6) is 1.54. The lowest BCUT2D eigenvalue weighted by atomic mass is 10.3. The molecule has 0 aromatic carbocycles. The molecule has 0 aliphatic rings. The van der Waals surface area contributed by atoms with Gasteiger partial charge in [0.1, 0.15) is 5.69 Å². The van der Waals surface area contributed by atoms with Gasteiger partial charge in [0.2, 0.25) is 0 Å².